The lowest BCUT2D eigenvalue weighted by molar-refractivity contribution is 0.0997. The third-order valence-corrected chi connectivity index (χ3v) is 5.69. The summed E-state index contributed by atoms with van der Waals surface area (Å²) in [5.74, 6) is -1.03. The first-order valence-corrected chi connectivity index (χ1v) is 10.8. The van der Waals surface area contributed by atoms with E-state index in [0.29, 0.717) is 15.7 Å². The van der Waals surface area contributed by atoms with Gasteiger partial charge in [0.2, 0.25) is 0 Å². The molecule has 0 saturated carbocycles. The highest BCUT2D eigenvalue weighted by molar-refractivity contribution is 7.20. The van der Waals surface area contributed by atoms with Crippen LogP contribution in [0.5, 0.6) is 0 Å². The van der Waals surface area contributed by atoms with Gasteiger partial charge >= 0.3 is 0 Å². The highest BCUT2D eigenvalue weighted by atomic mass is 32.1. The van der Waals surface area contributed by atoms with Gasteiger partial charge in [-0.05, 0) is 54.7 Å². The molecule has 0 aliphatic carbocycles. The molecule has 0 radical (unpaired) electrons. The van der Waals surface area contributed by atoms with E-state index < -0.39 is 5.91 Å². The maximum Gasteiger partial charge on any atom is 0.270 e. The zero-order chi connectivity index (χ0) is 22.7. The fourth-order valence-electron chi connectivity index (χ4n) is 3.32. The maximum absolute atomic E-state index is 12.7. The number of nitrogens with zero attached hydrogens (tertiary/aromatic N) is 2. The van der Waals surface area contributed by atoms with E-state index in [0.717, 1.165) is 39.9 Å². The number of carbonyl (C=O) groups is 2. The number of hydrogen-bond acceptors (Lipinski definition) is 6. The molecule has 0 bridgehead atoms. The molecule has 0 aliphatic heterocycles. The van der Waals surface area contributed by atoms with Crippen LogP contribution in [0.1, 0.15) is 26.4 Å². The van der Waals surface area contributed by atoms with Crippen LogP contribution < -0.4 is 16.4 Å². The van der Waals surface area contributed by atoms with Crippen molar-refractivity contribution in [1.29, 1.82) is 0 Å². The first-order chi connectivity index (χ1) is 15.4. The first kappa shape index (κ1) is 21.5. The SMILES string of the molecule is CN(C)Cc1ccc(C(=O)Nc2sc(Nc3ccc4ccccc4c3)nc2C(N)=O)cc1. The van der Waals surface area contributed by atoms with Crippen LogP contribution in [-0.4, -0.2) is 35.8 Å². The van der Waals surface area contributed by atoms with Crippen LogP contribution >= 0.6 is 11.3 Å². The van der Waals surface area contributed by atoms with E-state index in [4.69, 9.17) is 5.73 Å². The molecule has 3 aromatic carbocycles. The molecule has 0 aliphatic rings. The van der Waals surface area contributed by atoms with Crippen molar-refractivity contribution in [2.45, 2.75) is 6.54 Å². The van der Waals surface area contributed by atoms with Gasteiger partial charge in [-0.3, -0.25) is 9.59 Å². The molecule has 4 N–H and O–H groups in total. The highest BCUT2D eigenvalue weighted by Gasteiger charge is 2.19. The van der Waals surface area contributed by atoms with Gasteiger partial charge in [-0.1, -0.05) is 53.8 Å². The molecule has 2 amide bonds. The molecule has 4 aromatic rings. The average Bonchev–Trinajstić information content (AvgIpc) is 3.16. The number of primary amides is 1. The number of hydrogen-bond donors (Lipinski definition) is 3. The van der Waals surface area contributed by atoms with Crippen LogP contribution in [0.2, 0.25) is 0 Å². The van der Waals surface area contributed by atoms with Gasteiger partial charge < -0.3 is 21.3 Å². The highest BCUT2D eigenvalue weighted by Crippen LogP contribution is 2.31. The molecule has 0 spiro atoms. The lowest BCUT2D eigenvalue weighted by Crippen LogP contribution is -2.17. The third kappa shape index (κ3) is 4.93. The molecule has 32 heavy (non-hydrogen) atoms. The molecule has 4 rings (SSSR count). The maximum atomic E-state index is 12.7. The number of nitrogens with two attached hydrogens (primary N) is 1. The van der Waals surface area contributed by atoms with Gasteiger partial charge in [-0.25, -0.2) is 4.98 Å². The fraction of sp³-hybridized carbons (Fsp3) is 0.125. The van der Waals surface area contributed by atoms with E-state index in [2.05, 4.69) is 20.5 Å². The molecule has 0 fully saturated rings. The Bertz CT molecular complexity index is 1280. The number of rotatable bonds is 7. The minimum absolute atomic E-state index is 0.0240. The second kappa shape index (κ2) is 9.17. The summed E-state index contributed by atoms with van der Waals surface area (Å²) in [5, 5.41) is 8.94. The second-order valence-electron chi connectivity index (χ2n) is 7.64. The van der Waals surface area contributed by atoms with Crippen LogP contribution in [0.4, 0.5) is 15.8 Å². The average molecular weight is 446 g/mol. The van der Waals surface area contributed by atoms with Crippen molar-refractivity contribution in [2.75, 3.05) is 24.7 Å². The molecule has 162 valence electrons. The molecule has 7 nitrogen and oxygen atoms in total. The standard InChI is InChI=1S/C24H23N5O2S/c1-29(2)14-15-7-9-17(10-8-15)22(31)28-23-20(21(25)30)27-24(32-23)26-19-12-11-16-5-3-4-6-18(16)13-19/h3-13H,14H2,1-2H3,(H2,25,30)(H,26,27)(H,28,31). The molecule has 1 heterocycles. The van der Waals surface area contributed by atoms with E-state index in [1.807, 2.05) is 68.7 Å². The van der Waals surface area contributed by atoms with E-state index in [-0.39, 0.29) is 11.6 Å². The van der Waals surface area contributed by atoms with Crippen LogP contribution in [0.15, 0.2) is 66.7 Å². The van der Waals surface area contributed by atoms with E-state index in [1.165, 1.54) is 0 Å². The van der Waals surface area contributed by atoms with Gasteiger partial charge in [0, 0.05) is 17.8 Å². The molecular weight excluding hydrogens is 422 g/mol. The zero-order valence-electron chi connectivity index (χ0n) is 17.8. The number of aromatic nitrogens is 1. The van der Waals surface area contributed by atoms with Crippen molar-refractivity contribution >= 4 is 49.7 Å². The molecular formula is C24H23N5O2S. The zero-order valence-corrected chi connectivity index (χ0v) is 18.6. The van der Waals surface area contributed by atoms with Crippen molar-refractivity contribution in [3.8, 4) is 0 Å². The summed E-state index contributed by atoms with van der Waals surface area (Å²) in [4.78, 5) is 31.0. The van der Waals surface area contributed by atoms with Gasteiger partial charge in [-0.15, -0.1) is 0 Å². The van der Waals surface area contributed by atoms with Crippen molar-refractivity contribution < 1.29 is 9.59 Å². The first-order valence-electron chi connectivity index (χ1n) is 10.0. The van der Waals surface area contributed by atoms with Gasteiger partial charge in [-0.2, -0.15) is 0 Å². The Morgan fingerprint density at radius 3 is 2.41 bits per heavy atom. The van der Waals surface area contributed by atoms with Crippen LogP contribution in [0, 0.1) is 0 Å². The summed E-state index contributed by atoms with van der Waals surface area (Å²) in [6.45, 7) is 0.784. The lowest BCUT2D eigenvalue weighted by atomic mass is 10.1. The molecule has 0 unspecified atom stereocenters. The summed E-state index contributed by atoms with van der Waals surface area (Å²) in [5.41, 5.74) is 7.93. The van der Waals surface area contributed by atoms with Gasteiger partial charge in [0.25, 0.3) is 11.8 Å². The van der Waals surface area contributed by atoms with Crippen LogP contribution in [0.3, 0.4) is 0 Å². The monoisotopic (exact) mass is 445 g/mol. The number of anilines is 3. The third-order valence-electron chi connectivity index (χ3n) is 4.80. The van der Waals surface area contributed by atoms with E-state index in [9.17, 15) is 9.59 Å². The van der Waals surface area contributed by atoms with Crippen molar-refractivity contribution in [3.63, 3.8) is 0 Å². The van der Waals surface area contributed by atoms with Crippen LogP contribution in [0.25, 0.3) is 10.8 Å². The Kier molecular flexibility index (Phi) is 6.16. The Hall–Kier alpha value is -3.75. The number of amides is 2. The fourth-order valence-corrected chi connectivity index (χ4v) is 4.20. The summed E-state index contributed by atoms with van der Waals surface area (Å²) >= 11 is 1.16. The predicted octanol–water partition coefficient (Wildman–Crippen LogP) is 4.45. The molecule has 8 heteroatoms. The molecule has 0 atom stereocenters. The summed E-state index contributed by atoms with van der Waals surface area (Å²) in [6, 6.07) is 21.3. The smallest absolute Gasteiger partial charge is 0.270 e. The number of benzene rings is 3. The van der Waals surface area contributed by atoms with Crippen molar-refractivity contribution in [1.82, 2.24) is 9.88 Å². The summed E-state index contributed by atoms with van der Waals surface area (Å²) < 4.78 is 0. The number of thiazole rings is 1. The molecule has 1 aromatic heterocycles. The minimum atomic E-state index is -0.704. The summed E-state index contributed by atoms with van der Waals surface area (Å²) in [7, 11) is 3.97. The van der Waals surface area contributed by atoms with Gasteiger partial charge in [0.15, 0.2) is 10.8 Å². The quantitative estimate of drug-likeness (QED) is 0.390. The van der Waals surface area contributed by atoms with E-state index in [1.54, 1.807) is 12.1 Å². The normalized spacial score (nSPS) is 11.0. The Labute approximate surface area is 189 Å². The van der Waals surface area contributed by atoms with Gasteiger partial charge in [0.05, 0.1) is 0 Å². The van der Waals surface area contributed by atoms with Crippen molar-refractivity contribution in [2.24, 2.45) is 5.73 Å². The van der Waals surface area contributed by atoms with Crippen molar-refractivity contribution in [3.05, 3.63) is 83.6 Å². The lowest BCUT2D eigenvalue weighted by Gasteiger charge is -2.10. The Morgan fingerprint density at radius 2 is 1.72 bits per heavy atom. The Balaban J connectivity index is 1.53. The number of fused-ring (bicyclic) bond motifs is 1. The van der Waals surface area contributed by atoms with E-state index >= 15 is 0 Å². The minimum Gasteiger partial charge on any atom is -0.364 e. The largest absolute Gasteiger partial charge is 0.364 e. The van der Waals surface area contributed by atoms with Crippen LogP contribution in [-0.2, 0) is 6.54 Å². The van der Waals surface area contributed by atoms with Gasteiger partial charge in [0.1, 0.15) is 5.00 Å². The number of carbonyl (C=O) groups excluding carboxylic acids is 2. The molecule has 0 saturated heterocycles. The second-order valence-corrected chi connectivity index (χ2v) is 8.64. The Morgan fingerprint density at radius 1 is 1.00 bits per heavy atom. The number of nitrogens with one attached hydrogen (secondary N) is 2. The predicted molar refractivity (Wildman–Crippen MR) is 130 cm³/mol. The summed E-state index contributed by atoms with van der Waals surface area (Å²) in [6.07, 6.45) is 0. The topological polar surface area (TPSA) is 100 Å².